The number of aryl methyl sites for hydroxylation is 1. The molecule has 0 bridgehead atoms. The van der Waals surface area contributed by atoms with Crippen molar-refractivity contribution in [1.29, 1.82) is 0 Å². The summed E-state index contributed by atoms with van der Waals surface area (Å²) in [6.45, 7) is 2.87. The molecule has 3 N–H and O–H groups in total. The maximum absolute atomic E-state index is 12.5. The molecule has 0 saturated carbocycles. The highest BCUT2D eigenvalue weighted by molar-refractivity contribution is 5.91. The largest absolute Gasteiger partial charge is 0.394 e. The van der Waals surface area contributed by atoms with Crippen molar-refractivity contribution >= 4 is 17.5 Å². The van der Waals surface area contributed by atoms with E-state index in [0.29, 0.717) is 24.6 Å². The number of amides is 2. The van der Waals surface area contributed by atoms with Gasteiger partial charge in [0, 0.05) is 12.4 Å². The lowest BCUT2D eigenvalue weighted by Crippen LogP contribution is -2.30. The van der Waals surface area contributed by atoms with Gasteiger partial charge < -0.3 is 10.6 Å². The van der Waals surface area contributed by atoms with E-state index in [0.717, 1.165) is 22.6 Å². The maximum Gasteiger partial charge on any atom is 0.323 e. The molecule has 8 nitrogen and oxygen atoms in total. The number of carbonyl (C=O) groups is 1. The molecule has 1 aromatic carbocycles. The van der Waals surface area contributed by atoms with Crippen LogP contribution in [0.3, 0.4) is 0 Å². The Morgan fingerprint density at radius 2 is 1.76 bits per heavy atom. The number of carbonyl (C=O) groups excluding carboxylic acids is 1. The summed E-state index contributed by atoms with van der Waals surface area (Å²) in [6, 6.07) is 7.60. The smallest absolute Gasteiger partial charge is 0.323 e. The van der Waals surface area contributed by atoms with Crippen LogP contribution in [0.2, 0.25) is 0 Å². The van der Waals surface area contributed by atoms with Crippen molar-refractivity contribution in [2.45, 2.75) is 20.0 Å². The highest BCUT2D eigenvalue weighted by Gasteiger charge is 2.26. The lowest BCUT2D eigenvalue weighted by molar-refractivity contribution is 0.212. The Morgan fingerprint density at radius 3 is 2.40 bits per heavy atom. The van der Waals surface area contributed by atoms with Crippen LogP contribution in [0.1, 0.15) is 17.0 Å². The zero-order valence-electron chi connectivity index (χ0n) is 13.7. The number of fused-ring (bicyclic) bond motifs is 1. The lowest BCUT2D eigenvalue weighted by Gasteiger charge is -2.14. The van der Waals surface area contributed by atoms with Crippen LogP contribution in [0, 0.1) is 6.92 Å². The summed E-state index contributed by atoms with van der Waals surface area (Å²) in [5.74, 6) is 0.336. The fourth-order valence-corrected chi connectivity index (χ4v) is 2.72. The van der Waals surface area contributed by atoms with E-state index >= 15 is 0 Å². The highest BCUT2D eigenvalue weighted by atomic mass is 16.2. The van der Waals surface area contributed by atoms with Gasteiger partial charge in [0.05, 0.1) is 42.0 Å². The van der Waals surface area contributed by atoms with Crippen LogP contribution in [0.25, 0.3) is 5.69 Å². The molecule has 0 aliphatic carbocycles. The summed E-state index contributed by atoms with van der Waals surface area (Å²) in [5, 5.41) is 7.14. The molecular weight excluding hydrogens is 318 g/mol. The van der Waals surface area contributed by atoms with Gasteiger partial charge in [0.25, 0.3) is 0 Å². The summed E-state index contributed by atoms with van der Waals surface area (Å²) in [5.41, 5.74) is 10.1. The van der Waals surface area contributed by atoms with Gasteiger partial charge in [0.15, 0.2) is 5.82 Å². The number of rotatable bonds is 2. The third-order valence-corrected chi connectivity index (χ3v) is 4.10. The Kier molecular flexibility index (Phi) is 3.57. The number of benzene rings is 1. The van der Waals surface area contributed by atoms with Crippen molar-refractivity contribution in [3.05, 3.63) is 59.8 Å². The molecular formula is C17H17N7O. The Bertz CT molecular complexity index is 907. The minimum atomic E-state index is -0.277. The molecule has 4 rings (SSSR count). The van der Waals surface area contributed by atoms with E-state index in [2.05, 4.69) is 20.4 Å². The fourth-order valence-electron chi connectivity index (χ4n) is 2.72. The highest BCUT2D eigenvalue weighted by Crippen LogP contribution is 2.22. The molecule has 0 saturated heterocycles. The van der Waals surface area contributed by atoms with Gasteiger partial charge in [-0.25, -0.2) is 9.48 Å². The second kappa shape index (κ2) is 5.90. The molecule has 0 atom stereocenters. The first-order chi connectivity index (χ1) is 12.1. The molecule has 2 amide bonds. The molecule has 2 aromatic heterocycles. The molecule has 0 spiro atoms. The van der Waals surface area contributed by atoms with Gasteiger partial charge in [-0.15, -0.1) is 5.10 Å². The van der Waals surface area contributed by atoms with Gasteiger partial charge in [-0.05, 0) is 19.1 Å². The number of anilines is 2. The summed E-state index contributed by atoms with van der Waals surface area (Å²) < 4.78 is 1.65. The molecule has 0 fully saturated rings. The number of hydrogen-bond acceptors (Lipinski definition) is 5. The van der Waals surface area contributed by atoms with Gasteiger partial charge in [0.2, 0.25) is 0 Å². The van der Waals surface area contributed by atoms with Crippen LogP contribution < -0.4 is 11.1 Å². The van der Waals surface area contributed by atoms with E-state index in [1.807, 2.05) is 31.2 Å². The lowest BCUT2D eigenvalue weighted by atomic mass is 10.2. The quantitative estimate of drug-likeness (QED) is 0.747. The molecule has 25 heavy (non-hydrogen) atoms. The first-order valence-corrected chi connectivity index (χ1v) is 7.87. The minimum absolute atomic E-state index is 0.277. The molecule has 3 heterocycles. The topological polar surface area (TPSA) is 102 Å². The Labute approximate surface area is 144 Å². The van der Waals surface area contributed by atoms with Gasteiger partial charge in [0.1, 0.15) is 0 Å². The monoisotopic (exact) mass is 335 g/mol. The average molecular weight is 335 g/mol. The normalized spacial score (nSPS) is 12.9. The van der Waals surface area contributed by atoms with E-state index in [9.17, 15) is 4.79 Å². The fraction of sp³-hybridized carbons (Fsp3) is 0.176. The predicted octanol–water partition coefficient (Wildman–Crippen LogP) is 2.10. The van der Waals surface area contributed by atoms with Crippen LogP contribution in [-0.4, -0.2) is 30.7 Å². The Hall–Kier alpha value is -3.42. The Morgan fingerprint density at radius 1 is 1.12 bits per heavy atom. The van der Waals surface area contributed by atoms with Gasteiger partial charge in [-0.2, -0.15) is 0 Å². The van der Waals surface area contributed by atoms with Crippen LogP contribution in [0.4, 0.5) is 16.3 Å². The summed E-state index contributed by atoms with van der Waals surface area (Å²) >= 11 is 0. The van der Waals surface area contributed by atoms with Crippen molar-refractivity contribution in [2.75, 3.05) is 11.1 Å². The number of nitrogens with one attached hydrogen (secondary N) is 1. The van der Waals surface area contributed by atoms with Crippen molar-refractivity contribution in [1.82, 2.24) is 24.6 Å². The van der Waals surface area contributed by atoms with Crippen LogP contribution >= 0.6 is 0 Å². The predicted molar refractivity (Wildman–Crippen MR) is 93.0 cm³/mol. The zero-order valence-corrected chi connectivity index (χ0v) is 13.7. The van der Waals surface area contributed by atoms with Crippen LogP contribution in [-0.2, 0) is 13.1 Å². The molecule has 126 valence electrons. The van der Waals surface area contributed by atoms with Crippen molar-refractivity contribution in [3.8, 4) is 5.69 Å². The zero-order chi connectivity index (χ0) is 17.4. The SMILES string of the molecule is Cc1ccc(-n2cc(N)c(NC(=O)N3Cc4nccnc4C3)n2)cc1. The van der Waals surface area contributed by atoms with Gasteiger partial charge in [-0.3, -0.25) is 15.3 Å². The number of urea groups is 1. The van der Waals surface area contributed by atoms with Gasteiger partial charge >= 0.3 is 6.03 Å². The number of hydrogen-bond donors (Lipinski definition) is 2. The van der Waals surface area contributed by atoms with E-state index in [1.165, 1.54) is 0 Å². The third kappa shape index (κ3) is 2.89. The summed E-state index contributed by atoms with van der Waals surface area (Å²) in [7, 11) is 0. The van der Waals surface area contributed by atoms with Gasteiger partial charge in [-0.1, -0.05) is 17.7 Å². The van der Waals surface area contributed by atoms with E-state index < -0.39 is 0 Å². The van der Waals surface area contributed by atoms with Crippen LogP contribution in [0.15, 0.2) is 42.9 Å². The van der Waals surface area contributed by atoms with E-state index in [-0.39, 0.29) is 6.03 Å². The maximum atomic E-state index is 12.5. The molecule has 1 aliphatic rings. The molecule has 0 unspecified atom stereocenters. The van der Waals surface area contributed by atoms with Crippen molar-refractivity contribution in [3.63, 3.8) is 0 Å². The molecule has 0 radical (unpaired) electrons. The second-order valence-electron chi connectivity index (χ2n) is 5.95. The Balaban J connectivity index is 1.50. The number of aromatic nitrogens is 4. The summed E-state index contributed by atoms with van der Waals surface area (Å²) in [4.78, 5) is 22.6. The van der Waals surface area contributed by atoms with Crippen LogP contribution in [0.5, 0.6) is 0 Å². The van der Waals surface area contributed by atoms with Crippen molar-refractivity contribution < 1.29 is 4.79 Å². The summed E-state index contributed by atoms with van der Waals surface area (Å²) in [6.07, 6.45) is 4.94. The van der Waals surface area contributed by atoms with E-state index in [1.54, 1.807) is 28.2 Å². The standard InChI is InChI=1S/C17H17N7O/c1-11-2-4-12(5-3-11)24-8-13(18)16(22-24)21-17(25)23-9-14-15(10-23)20-7-6-19-14/h2-8H,9-10,18H2,1H3,(H,21,22,25). The molecule has 1 aliphatic heterocycles. The number of nitrogens with zero attached hydrogens (tertiary/aromatic N) is 5. The average Bonchev–Trinajstić information content (AvgIpc) is 3.19. The molecule has 3 aromatic rings. The number of nitrogen functional groups attached to an aromatic ring is 1. The number of nitrogens with two attached hydrogens (primary N) is 1. The minimum Gasteiger partial charge on any atom is -0.394 e. The first kappa shape index (κ1) is 15.1. The van der Waals surface area contributed by atoms with E-state index in [4.69, 9.17) is 5.73 Å². The third-order valence-electron chi connectivity index (χ3n) is 4.10. The second-order valence-corrected chi connectivity index (χ2v) is 5.95. The first-order valence-electron chi connectivity index (χ1n) is 7.87. The van der Waals surface area contributed by atoms with Crippen molar-refractivity contribution in [2.24, 2.45) is 0 Å². The molecule has 8 heteroatoms.